The molecule has 0 aliphatic carbocycles. The number of hydrogen-bond donors (Lipinski definition) is 0. The molecule has 108 valence electrons. The Morgan fingerprint density at radius 1 is 1.25 bits per heavy atom. The molecule has 0 amide bonds. The molecule has 1 aromatic carbocycles. The van der Waals surface area contributed by atoms with Crippen molar-refractivity contribution in [2.24, 2.45) is 0 Å². The van der Waals surface area contributed by atoms with Crippen LogP contribution in [-0.4, -0.2) is 9.78 Å². The molecule has 1 aromatic heterocycles. The lowest BCUT2D eigenvalue weighted by molar-refractivity contribution is 0.542. The zero-order chi connectivity index (χ0) is 14.9. The van der Waals surface area contributed by atoms with Gasteiger partial charge in [0.25, 0.3) is 0 Å². The average molecular weight is 376 g/mol. The zero-order valence-electron chi connectivity index (χ0n) is 11.8. The minimum Gasteiger partial charge on any atom is -0.249 e. The van der Waals surface area contributed by atoms with E-state index in [2.05, 4.69) is 47.9 Å². The van der Waals surface area contributed by atoms with Gasteiger partial charge in [0.15, 0.2) is 0 Å². The number of rotatable bonds is 3. The Morgan fingerprint density at radius 2 is 1.90 bits per heavy atom. The molecule has 20 heavy (non-hydrogen) atoms. The summed E-state index contributed by atoms with van der Waals surface area (Å²) in [6, 6.07) is 8.06. The van der Waals surface area contributed by atoms with Gasteiger partial charge in [0.1, 0.15) is 5.15 Å². The Balaban J connectivity index is 2.44. The van der Waals surface area contributed by atoms with Crippen LogP contribution in [0.15, 0.2) is 28.7 Å². The lowest BCUT2D eigenvalue weighted by Crippen LogP contribution is -2.15. The fourth-order valence-corrected chi connectivity index (χ4v) is 3.08. The van der Waals surface area contributed by atoms with E-state index in [1.807, 2.05) is 22.9 Å². The van der Waals surface area contributed by atoms with Crippen LogP contribution in [0.25, 0.3) is 0 Å². The highest BCUT2D eigenvalue weighted by Gasteiger charge is 2.25. The predicted octanol–water partition coefficient (Wildman–Crippen LogP) is 5.38. The predicted molar refractivity (Wildman–Crippen MR) is 88.7 cm³/mol. The average Bonchev–Trinajstić information content (AvgIpc) is 2.69. The number of benzene rings is 1. The van der Waals surface area contributed by atoms with Crippen molar-refractivity contribution in [1.29, 1.82) is 0 Å². The first-order valence-corrected chi connectivity index (χ1v) is 8.10. The Hall–Kier alpha value is -0.510. The van der Waals surface area contributed by atoms with Crippen LogP contribution in [0.3, 0.4) is 0 Å². The fraction of sp³-hybridized carbons (Fsp3) is 0.400. The second-order valence-electron chi connectivity index (χ2n) is 5.75. The van der Waals surface area contributed by atoms with E-state index in [1.165, 1.54) is 0 Å². The minimum absolute atomic E-state index is 0.0764. The summed E-state index contributed by atoms with van der Waals surface area (Å²) in [6.45, 7) is 6.97. The van der Waals surface area contributed by atoms with Gasteiger partial charge in [0, 0.05) is 15.5 Å². The fourth-order valence-electron chi connectivity index (χ4n) is 2.09. The highest BCUT2D eigenvalue weighted by Crippen LogP contribution is 2.32. The number of halogens is 3. The summed E-state index contributed by atoms with van der Waals surface area (Å²) in [5.74, 6) is 0.376. The molecule has 0 unspecified atom stereocenters. The monoisotopic (exact) mass is 374 g/mol. The van der Waals surface area contributed by atoms with E-state index in [0.29, 0.717) is 17.6 Å². The molecule has 0 fully saturated rings. The van der Waals surface area contributed by atoms with Gasteiger partial charge in [-0.2, -0.15) is 5.10 Å². The van der Waals surface area contributed by atoms with Crippen LogP contribution < -0.4 is 0 Å². The molecule has 0 atom stereocenters. The Labute approximate surface area is 138 Å². The van der Waals surface area contributed by atoms with Gasteiger partial charge in [-0.1, -0.05) is 66.5 Å². The van der Waals surface area contributed by atoms with Crippen molar-refractivity contribution < 1.29 is 0 Å². The maximum absolute atomic E-state index is 6.44. The van der Waals surface area contributed by atoms with E-state index in [0.717, 1.165) is 21.3 Å². The lowest BCUT2D eigenvalue weighted by atomic mass is 9.90. The quantitative estimate of drug-likeness (QED) is 0.658. The topological polar surface area (TPSA) is 17.8 Å². The summed E-state index contributed by atoms with van der Waals surface area (Å²) in [5.41, 5.74) is 2.95. The van der Waals surface area contributed by atoms with Gasteiger partial charge in [0.2, 0.25) is 0 Å². The summed E-state index contributed by atoms with van der Waals surface area (Å²) in [5, 5.41) is 5.29. The van der Waals surface area contributed by atoms with Crippen molar-refractivity contribution in [3.05, 3.63) is 50.7 Å². The number of hydrogen-bond acceptors (Lipinski definition) is 1. The zero-order valence-corrected chi connectivity index (χ0v) is 14.8. The number of alkyl halides is 1. The van der Waals surface area contributed by atoms with Gasteiger partial charge < -0.3 is 0 Å². The molecule has 2 rings (SSSR count). The van der Waals surface area contributed by atoms with Crippen LogP contribution in [0.2, 0.25) is 5.15 Å². The molecule has 2 nitrogen and oxygen atoms in total. The van der Waals surface area contributed by atoms with E-state index < -0.39 is 0 Å². The van der Waals surface area contributed by atoms with E-state index in [-0.39, 0.29) is 5.41 Å². The third kappa shape index (κ3) is 3.21. The molecule has 1 heterocycles. The van der Waals surface area contributed by atoms with E-state index in [4.69, 9.17) is 23.2 Å². The van der Waals surface area contributed by atoms with Crippen molar-refractivity contribution >= 4 is 39.1 Å². The molecule has 5 heteroatoms. The molecular formula is C15H17BrCl2N2. The van der Waals surface area contributed by atoms with E-state index >= 15 is 0 Å². The van der Waals surface area contributed by atoms with E-state index in [9.17, 15) is 0 Å². The molecule has 0 saturated heterocycles. The number of nitrogens with zero attached hydrogens (tertiary/aromatic N) is 2. The van der Waals surface area contributed by atoms with Gasteiger partial charge in [-0.05, 0) is 11.6 Å². The van der Waals surface area contributed by atoms with Crippen molar-refractivity contribution in [2.45, 2.75) is 38.6 Å². The molecule has 0 radical (unpaired) electrons. The number of aromatic nitrogens is 2. The van der Waals surface area contributed by atoms with Crippen LogP contribution in [-0.2, 0) is 17.8 Å². The van der Waals surface area contributed by atoms with Crippen LogP contribution in [0.5, 0.6) is 0 Å². The highest BCUT2D eigenvalue weighted by molar-refractivity contribution is 9.10. The molecule has 0 aliphatic rings. The maximum Gasteiger partial charge on any atom is 0.132 e. The Morgan fingerprint density at radius 3 is 2.40 bits per heavy atom. The second-order valence-corrected chi connectivity index (χ2v) is 7.23. The van der Waals surface area contributed by atoms with Crippen LogP contribution in [0.1, 0.15) is 37.6 Å². The molecule has 0 N–H and O–H groups in total. The molecular weight excluding hydrogens is 359 g/mol. The summed E-state index contributed by atoms with van der Waals surface area (Å²) < 4.78 is 2.87. The van der Waals surface area contributed by atoms with Crippen molar-refractivity contribution in [2.75, 3.05) is 0 Å². The third-order valence-corrected chi connectivity index (χ3v) is 4.57. The van der Waals surface area contributed by atoms with Crippen LogP contribution in [0, 0.1) is 0 Å². The first-order chi connectivity index (χ1) is 9.34. The van der Waals surface area contributed by atoms with Crippen molar-refractivity contribution in [1.82, 2.24) is 9.78 Å². The second kappa shape index (κ2) is 6.08. The lowest BCUT2D eigenvalue weighted by Gasteiger charge is -2.16. The Bertz CT molecular complexity index is 615. The highest BCUT2D eigenvalue weighted by atomic mass is 79.9. The molecule has 2 aromatic rings. The van der Waals surface area contributed by atoms with Gasteiger partial charge in [-0.15, -0.1) is 11.6 Å². The summed E-state index contributed by atoms with van der Waals surface area (Å²) in [4.78, 5) is 0. The normalized spacial score (nSPS) is 11.9. The minimum atomic E-state index is -0.0764. The summed E-state index contributed by atoms with van der Waals surface area (Å²) >= 11 is 16.0. The third-order valence-electron chi connectivity index (χ3n) is 3.10. The standard InChI is InChI=1S/C15H17BrCl2N2/c1-15(2,3)13-11(8-17)14(18)20(19-13)9-10-6-4-5-7-12(10)16/h4-7H,8-9H2,1-3H3. The van der Waals surface area contributed by atoms with Gasteiger partial charge >= 0.3 is 0 Å². The summed E-state index contributed by atoms with van der Waals surface area (Å²) in [6.07, 6.45) is 0. The first-order valence-electron chi connectivity index (χ1n) is 6.39. The van der Waals surface area contributed by atoms with Crippen LogP contribution >= 0.6 is 39.1 Å². The van der Waals surface area contributed by atoms with Crippen molar-refractivity contribution in [3.8, 4) is 0 Å². The van der Waals surface area contributed by atoms with Crippen molar-refractivity contribution in [3.63, 3.8) is 0 Å². The van der Waals surface area contributed by atoms with Crippen LogP contribution in [0.4, 0.5) is 0 Å². The van der Waals surface area contributed by atoms with Gasteiger partial charge in [-0.25, -0.2) is 4.68 Å². The van der Waals surface area contributed by atoms with E-state index in [1.54, 1.807) is 0 Å². The SMILES string of the molecule is CC(C)(C)c1nn(Cc2ccccc2Br)c(Cl)c1CCl. The molecule has 0 bridgehead atoms. The smallest absolute Gasteiger partial charge is 0.132 e. The largest absolute Gasteiger partial charge is 0.249 e. The molecule has 0 saturated carbocycles. The molecule has 0 spiro atoms. The first kappa shape index (κ1) is 15.9. The van der Waals surface area contributed by atoms with Gasteiger partial charge in [-0.3, -0.25) is 0 Å². The molecule has 0 aliphatic heterocycles. The maximum atomic E-state index is 6.44. The summed E-state index contributed by atoms with van der Waals surface area (Å²) in [7, 11) is 0. The Kier molecular flexibility index (Phi) is 4.83. The van der Waals surface area contributed by atoms with Gasteiger partial charge in [0.05, 0.1) is 18.1 Å².